The van der Waals surface area contributed by atoms with Crippen LogP contribution in [0.25, 0.3) is 0 Å². The van der Waals surface area contributed by atoms with Gasteiger partial charge in [0.1, 0.15) is 5.60 Å². The Morgan fingerprint density at radius 2 is 2.06 bits per heavy atom. The number of hydrogen-bond acceptors (Lipinski definition) is 6. The molecule has 0 saturated carbocycles. The summed E-state index contributed by atoms with van der Waals surface area (Å²) < 4.78 is 22.7. The summed E-state index contributed by atoms with van der Waals surface area (Å²) in [6, 6.07) is 1.57. The van der Waals surface area contributed by atoms with Crippen LogP contribution in [-0.4, -0.2) is 42.8 Å². The van der Waals surface area contributed by atoms with Crippen molar-refractivity contribution in [3.8, 4) is 0 Å². The number of sulfone groups is 1. The lowest BCUT2D eigenvalue weighted by atomic mass is 9.89. The van der Waals surface area contributed by atoms with Crippen molar-refractivity contribution < 1.29 is 13.5 Å². The average Bonchev–Trinajstić information content (AvgIpc) is 2.29. The van der Waals surface area contributed by atoms with Crippen LogP contribution in [0.3, 0.4) is 0 Å². The van der Waals surface area contributed by atoms with Gasteiger partial charge in [-0.05, 0) is 32.0 Å². The third kappa shape index (κ3) is 2.62. The van der Waals surface area contributed by atoms with Crippen molar-refractivity contribution in [2.75, 3.05) is 19.3 Å². The highest BCUT2D eigenvalue weighted by Gasteiger charge is 2.33. The fourth-order valence-electron chi connectivity index (χ4n) is 1.88. The molecule has 0 bridgehead atoms. The number of nitrogens with one attached hydrogen (secondary N) is 1. The Morgan fingerprint density at radius 1 is 1.41 bits per heavy atom. The Labute approximate surface area is 100 Å². The van der Waals surface area contributed by atoms with Gasteiger partial charge in [-0.15, -0.1) is 0 Å². The van der Waals surface area contributed by atoms with Gasteiger partial charge in [0.25, 0.3) is 0 Å². The Hall–Kier alpha value is -1.05. The van der Waals surface area contributed by atoms with Crippen LogP contribution in [0, 0.1) is 0 Å². The third-order valence-electron chi connectivity index (χ3n) is 2.87. The molecule has 0 amide bonds. The van der Waals surface area contributed by atoms with Crippen LogP contribution in [0.15, 0.2) is 17.4 Å². The minimum Gasteiger partial charge on any atom is -0.383 e. The van der Waals surface area contributed by atoms with E-state index in [2.05, 4.69) is 15.3 Å². The molecule has 1 aromatic rings. The van der Waals surface area contributed by atoms with Crippen LogP contribution in [0.4, 0.5) is 0 Å². The molecule has 1 aliphatic heterocycles. The lowest BCUT2D eigenvalue weighted by Gasteiger charge is -2.31. The third-order valence-corrected chi connectivity index (χ3v) is 3.73. The molecular weight excluding hydrogens is 242 g/mol. The molecule has 6 nitrogen and oxygen atoms in total. The maximum absolute atomic E-state index is 11.4. The second kappa shape index (κ2) is 4.32. The summed E-state index contributed by atoms with van der Waals surface area (Å²) in [6.45, 7) is 1.38. The minimum absolute atomic E-state index is 0.234. The molecule has 2 heterocycles. The molecule has 1 fully saturated rings. The number of aromatic nitrogens is 2. The molecule has 0 atom stereocenters. The molecular formula is C10H15N3O3S. The van der Waals surface area contributed by atoms with Gasteiger partial charge in [-0.25, -0.2) is 18.4 Å². The molecule has 1 saturated heterocycles. The van der Waals surface area contributed by atoms with Crippen molar-refractivity contribution in [3.05, 3.63) is 18.0 Å². The Morgan fingerprint density at radius 3 is 2.65 bits per heavy atom. The van der Waals surface area contributed by atoms with Crippen molar-refractivity contribution in [1.29, 1.82) is 0 Å². The van der Waals surface area contributed by atoms with Crippen molar-refractivity contribution >= 4 is 9.84 Å². The molecule has 17 heavy (non-hydrogen) atoms. The molecule has 2 N–H and O–H groups in total. The normalized spacial score (nSPS) is 20.1. The van der Waals surface area contributed by atoms with E-state index in [4.69, 9.17) is 0 Å². The first-order valence-corrected chi connectivity index (χ1v) is 7.28. The van der Waals surface area contributed by atoms with E-state index in [-0.39, 0.29) is 5.16 Å². The van der Waals surface area contributed by atoms with Crippen molar-refractivity contribution in [3.63, 3.8) is 0 Å². The first kappa shape index (κ1) is 12.4. The van der Waals surface area contributed by atoms with Gasteiger partial charge in [0, 0.05) is 12.5 Å². The second-order valence-electron chi connectivity index (χ2n) is 4.28. The van der Waals surface area contributed by atoms with E-state index in [9.17, 15) is 13.5 Å². The van der Waals surface area contributed by atoms with Gasteiger partial charge in [0.15, 0.2) is 0 Å². The zero-order valence-electron chi connectivity index (χ0n) is 9.55. The Kier molecular flexibility index (Phi) is 3.15. The number of nitrogens with zero attached hydrogens (tertiary/aromatic N) is 2. The van der Waals surface area contributed by atoms with E-state index in [1.165, 1.54) is 6.20 Å². The highest BCUT2D eigenvalue weighted by atomic mass is 32.2. The quantitative estimate of drug-likeness (QED) is 0.691. The van der Waals surface area contributed by atoms with Crippen molar-refractivity contribution in [1.82, 2.24) is 15.3 Å². The smallest absolute Gasteiger partial charge is 0.247 e. The fraction of sp³-hybridized carbons (Fsp3) is 0.600. The van der Waals surface area contributed by atoms with Gasteiger partial charge in [0.05, 0.1) is 5.69 Å². The lowest BCUT2D eigenvalue weighted by Crippen LogP contribution is -2.40. The molecule has 1 aliphatic rings. The van der Waals surface area contributed by atoms with Gasteiger partial charge >= 0.3 is 0 Å². The molecule has 7 heteroatoms. The Bertz CT molecular complexity index is 509. The maximum Gasteiger partial charge on any atom is 0.247 e. The van der Waals surface area contributed by atoms with Gasteiger partial charge < -0.3 is 10.4 Å². The summed E-state index contributed by atoms with van der Waals surface area (Å²) in [5.74, 6) is 0. The van der Waals surface area contributed by atoms with Crippen LogP contribution < -0.4 is 5.32 Å². The van der Waals surface area contributed by atoms with E-state index >= 15 is 0 Å². The van der Waals surface area contributed by atoms with Gasteiger partial charge in [0.2, 0.25) is 15.0 Å². The number of hydrogen-bond donors (Lipinski definition) is 2. The lowest BCUT2D eigenvalue weighted by molar-refractivity contribution is 0.00115. The van der Waals surface area contributed by atoms with E-state index < -0.39 is 15.4 Å². The summed E-state index contributed by atoms with van der Waals surface area (Å²) in [5, 5.41) is 13.3. The van der Waals surface area contributed by atoms with E-state index in [1.54, 1.807) is 6.07 Å². The van der Waals surface area contributed by atoms with Crippen LogP contribution in [-0.2, 0) is 15.4 Å². The average molecular weight is 257 g/mol. The molecule has 2 rings (SSSR count). The predicted molar refractivity (Wildman–Crippen MR) is 61.1 cm³/mol. The molecule has 0 radical (unpaired) electrons. The monoisotopic (exact) mass is 257 g/mol. The van der Waals surface area contributed by atoms with Crippen LogP contribution in [0.1, 0.15) is 18.5 Å². The number of rotatable bonds is 2. The highest BCUT2D eigenvalue weighted by molar-refractivity contribution is 7.90. The Balaban J connectivity index is 2.39. The molecule has 0 spiro atoms. The minimum atomic E-state index is -3.44. The van der Waals surface area contributed by atoms with Crippen molar-refractivity contribution in [2.24, 2.45) is 0 Å². The van der Waals surface area contributed by atoms with E-state index in [0.29, 0.717) is 31.6 Å². The molecule has 0 unspecified atom stereocenters. The van der Waals surface area contributed by atoms with Gasteiger partial charge in [-0.1, -0.05) is 0 Å². The highest BCUT2D eigenvalue weighted by Crippen LogP contribution is 2.28. The van der Waals surface area contributed by atoms with Crippen molar-refractivity contribution in [2.45, 2.75) is 23.6 Å². The van der Waals surface area contributed by atoms with Crippen LogP contribution >= 0.6 is 0 Å². The zero-order chi connectivity index (χ0) is 12.5. The predicted octanol–water partition coefficient (Wildman–Crippen LogP) is -0.549. The topological polar surface area (TPSA) is 92.2 Å². The fourth-order valence-corrected chi connectivity index (χ4v) is 2.39. The number of aliphatic hydroxyl groups is 1. The molecule has 94 valence electrons. The van der Waals surface area contributed by atoms with Crippen LogP contribution in [0.2, 0.25) is 0 Å². The van der Waals surface area contributed by atoms with Gasteiger partial charge in [-0.2, -0.15) is 0 Å². The SMILES string of the molecule is CS(=O)(=O)c1nccc(C2(O)CCNCC2)n1. The van der Waals surface area contributed by atoms with Gasteiger partial charge in [-0.3, -0.25) is 0 Å². The maximum atomic E-state index is 11.4. The van der Waals surface area contributed by atoms with E-state index in [0.717, 1.165) is 6.26 Å². The second-order valence-corrected chi connectivity index (χ2v) is 6.19. The first-order chi connectivity index (χ1) is 7.92. The molecule has 1 aromatic heterocycles. The summed E-state index contributed by atoms with van der Waals surface area (Å²) in [4.78, 5) is 7.67. The first-order valence-electron chi connectivity index (χ1n) is 5.38. The summed E-state index contributed by atoms with van der Waals surface area (Å²) >= 11 is 0. The molecule has 0 aliphatic carbocycles. The van der Waals surface area contributed by atoms with E-state index in [1.807, 2.05) is 0 Å². The van der Waals surface area contributed by atoms with Crippen LogP contribution in [0.5, 0.6) is 0 Å². The largest absolute Gasteiger partial charge is 0.383 e. The summed E-state index contributed by atoms with van der Waals surface area (Å²) in [6.07, 6.45) is 3.47. The molecule has 0 aromatic carbocycles. The zero-order valence-corrected chi connectivity index (χ0v) is 10.4. The summed E-state index contributed by atoms with van der Waals surface area (Å²) in [7, 11) is -3.44. The number of piperidine rings is 1. The standard InChI is InChI=1S/C10H15N3O3S/c1-17(15,16)9-12-5-2-8(13-9)10(14)3-6-11-7-4-10/h2,5,11,14H,3-4,6-7H2,1H3. The summed E-state index contributed by atoms with van der Waals surface area (Å²) in [5.41, 5.74) is -0.664.